The molecule has 1 aromatic carbocycles. The van der Waals surface area contributed by atoms with E-state index in [1.54, 1.807) is 5.56 Å². The molecule has 1 nitrogen and oxygen atoms in total. The first-order valence-corrected chi connectivity index (χ1v) is 6.43. The molecule has 1 heteroatoms. The molecule has 0 bridgehead atoms. The molecule has 86 valence electrons. The molecule has 1 aromatic rings. The highest BCUT2D eigenvalue weighted by molar-refractivity contribution is 5.66. The maximum Gasteiger partial charge on any atom is 0.0465 e. The second kappa shape index (κ2) is 3.03. The molecule has 1 fully saturated rings. The van der Waals surface area contributed by atoms with Crippen LogP contribution in [0.1, 0.15) is 45.1 Å². The largest absolute Gasteiger partial charge is 0.368 e. The molecule has 0 saturated heterocycles. The third-order valence-corrected chi connectivity index (χ3v) is 5.38. The van der Waals surface area contributed by atoms with Gasteiger partial charge in [-0.3, -0.25) is 0 Å². The Kier molecular flexibility index (Phi) is 1.93. The van der Waals surface area contributed by atoms with E-state index in [2.05, 4.69) is 50.1 Å². The lowest BCUT2D eigenvalue weighted by Gasteiger charge is -2.49. The fraction of sp³-hybridized carbons (Fsp3) is 0.600. The molecule has 0 aromatic heterocycles. The van der Waals surface area contributed by atoms with Gasteiger partial charge in [0.15, 0.2) is 0 Å². The van der Waals surface area contributed by atoms with Crippen LogP contribution in [0.2, 0.25) is 0 Å². The Hall–Kier alpha value is -0.980. The minimum absolute atomic E-state index is 0.328. The van der Waals surface area contributed by atoms with Crippen LogP contribution >= 0.6 is 0 Å². The Balaban J connectivity index is 2.23. The van der Waals surface area contributed by atoms with Gasteiger partial charge in [-0.25, -0.2) is 0 Å². The molecule has 1 aliphatic carbocycles. The van der Waals surface area contributed by atoms with Crippen molar-refractivity contribution in [2.24, 2.45) is 0 Å². The van der Waals surface area contributed by atoms with Gasteiger partial charge in [-0.2, -0.15) is 0 Å². The number of benzene rings is 1. The van der Waals surface area contributed by atoms with Crippen LogP contribution in [0.15, 0.2) is 24.3 Å². The van der Waals surface area contributed by atoms with Crippen LogP contribution < -0.4 is 4.90 Å². The summed E-state index contributed by atoms with van der Waals surface area (Å²) in [5.74, 6) is 0. The van der Waals surface area contributed by atoms with Gasteiger partial charge in [0.05, 0.1) is 0 Å². The van der Waals surface area contributed by atoms with Crippen molar-refractivity contribution in [1.29, 1.82) is 0 Å². The molecule has 1 aliphatic heterocycles. The Morgan fingerprint density at radius 1 is 1.06 bits per heavy atom. The number of nitrogens with zero attached hydrogens (tertiary/aromatic N) is 1. The maximum atomic E-state index is 2.53. The Bertz CT molecular complexity index is 425. The second-order valence-corrected chi connectivity index (χ2v) is 5.89. The summed E-state index contributed by atoms with van der Waals surface area (Å²) in [6.45, 7) is 4.92. The van der Waals surface area contributed by atoms with E-state index >= 15 is 0 Å². The maximum absolute atomic E-state index is 2.53. The number of anilines is 1. The molecule has 0 N–H and O–H groups in total. The second-order valence-electron chi connectivity index (χ2n) is 5.89. The molecular weight excluding hydrogens is 194 g/mol. The predicted molar refractivity (Wildman–Crippen MR) is 69.1 cm³/mol. The highest BCUT2D eigenvalue weighted by atomic mass is 15.2. The van der Waals surface area contributed by atoms with Crippen molar-refractivity contribution in [1.82, 2.24) is 0 Å². The molecule has 0 amide bonds. The molecule has 3 rings (SSSR count). The molecule has 2 unspecified atom stereocenters. The number of hydrogen-bond donors (Lipinski definition) is 0. The van der Waals surface area contributed by atoms with Crippen molar-refractivity contribution in [3.8, 4) is 0 Å². The number of para-hydroxylation sites is 1. The lowest BCUT2D eigenvalue weighted by atomic mass is 9.62. The van der Waals surface area contributed by atoms with E-state index in [1.807, 2.05) is 0 Å². The fourth-order valence-electron chi connectivity index (χ4n) is 3.95. The van der Waals surface area contributed by atoms with Gasteiger partial charge in [0.25, 0.3) is 0 Å². The zero-order valence-corrected chi connectivity index (χ0v) is 10.6. The predicted octanol–water partition coefficient (Wildman–Crippen LogP) is 3.73. The minimum Gasteiger partial charge on any atom is -0.368 e. The van der Waals surface area contributed by atoms with Gasteiger partial charge in [-0.15, -0.1) is 0 Å². The summed E-state index contributed by atoms with van der Waals surface area (Å²) in [4.78, 5) is 2.53. The van der Waals surface area contributed by atoms with Gasteiger partial charge in [0.2, 0.25) is 0 Å². The van der Waals surface area contributed by atoms with Gasteiger partial charge in [0.1, 0.15) is 0 Å². The summed E-state index contributed by atoms with van der Waals surface area (Å²) in [6, 6.07) is 8.98. The summed E-state index contributed by atoms with van der Waals surface area (Å²) >= 11 is 0. The van der Waals surface area contributed by atoms with Crippen molar-refractivity contribution < 1.29 is 0 Å². The summed E-state index contributed by atoms with van der Waals surface area (Å²) < 4.78 is 0. The number of fused-ring (bicyclic) bond motifs is 3. The van der Waals surface area contributed by atoms with Crippen LogP contribution in [-0.2, 0) is 5.41 Å². The van der Waals surface area contributed by atoms with Crippen molar-refractivity contribution in [3.63, 3.8) is 0 Å². The highest BCUT2D eigenvalue weighted by Gasteiger charge is 2.55. The quantitative estimate of drug-likeness (QED) is 0.637. The Morgan fingerprint density at radius 2 is 1.75 bits per heavy atom. The third kappa shape index (κ3) is 0.971. The first kappa shape index (κ1) is 10.2. The van der Waals surface area contributed by atoms with Crippen LogP contribution in [0.5, 0.6) is 0 Å². The van der Waals surface area contributed by atoms with E-state index in [0.717, 1.165) is 0 Å². The molecule has 0 spiro atoms. The summed E-state index contributed by atoms with van der Waals surface area (Å²) in [6.07, 6.45) is 5.43. The van der Waals surface area contributed by atoms with Crippen molar-refractivity contribution >= 4 is 5.69 Å². The van der Waals surface area contributed by atoms with Crippen LogP contribution in [-0.4, -0.2) is 12.6 Å². The Morgan fingerprint density at radius 3 is 2.56 bits per heavy atom. The monoisotopic (exact) mass is 215 g/mol. The first-order valence-electron chi connectivity index (χ1n) is 6.43. The van der Waals surface area contributed by atoms with E-state index < -0.39 is 0 Å². The summed E-state index contributed by atoms with van der Waals surface area (Å²) in [7, 11) is 2.27. The van der Waals surface area contributed by atoms with Crippen molar-refractivity contribution in [2.45, 2.75) is 50.5 Å². The minimum atomic E-state index is 0.328. The SMILES string of the molecule is CN1c2ccccc2C2(C)CCCCC12C. The van der Waals surface area contributed by atoms with Gasteiger partial charge >= 0.3 is 0 Å². The Labute approximate surface area is 98.5 Å². The third-order valence-electron chi connectivity index (χ3n) is 5.38. The summed E-state index contributed by atoms with van der Waals surface area (Å²) in [5, 5.41) is 0. The molecule has 16 heavy (non-hydrogen) atoms. The molecule has 2 aliphatic rings. The zero-order valence-electron chi connectivity index (χ0n) is 10.6. The first-order chi connectivity index (χ1) is 7.59. The van der Waals surface area contributed by atoms with Gasteiger partial charge in [0, 0.05) is 23.7 Å². The lowest BCUT2D eigenvalue weighted by molar-refractivity contribution is 0.189. The topological polar surface area (TPSA) is 3.24 Å². The number of rotatable bonds is 0. The van der Waals surface area contributed by atoms with E-state index in [0.29, 0.717) is 11.0 Å². The standard InChI is InChI=1S/C15H21N/c1-14-10-6-7-11-15(14,2)16(3)13-9-5-4-8-12(13)14/h4-5,8-9H,6-7,10-11H2,1-3H3. The molecule has 1 heterocycles. The molecule has 0 radical (unpaired) electrons. The van der Waals surface area contributed by atoms with E-state index in [9.17, 15) is 0 Å². The van der Waals surface area contributed by atoms with Gasteiger partial charge < -0.3 is 4.90 Å². The van der Waals surface area contributed by atoms with E-state index in [1.165, 1.54) is 31.4 Å². The summed E-state index contributed by atoms with van der Waals surface area (Å²) in [5.41, 5.74) is 3.71. The number of hydrogen-bond acceptors (Lipinski definition) is 1. The molecule has 1 saturated carbocycles. The van der Waals surface area contributed by atoms with Crippen LogP contribution in [0, 0.1) is 0 Å². The van der Waals surface area contributed by atoms with Gasteiger partial charge in [-0.05, 0) is 31.4 Å². The smallest absolute Gasteiger partial charge is 0.0465 e. The normalized spacial score (nSPS) is 37.1. The average Bonchev–Trinajstić information content (AvgIpc) is 2.48. The van der Waals surface area contributed by atoms with Crippen LogP contribution in [0.4, 0.5) is 5.69 Å². The average molecular weight is 215 g/mol. The van der Waals surface area contributed by atoms with Crippen LogP contribution in [0.25, 0.3) is 0 Å². The van der Waals surface area contributed by atoms with Crippen molar-refractivity contribution in [3.05, 3.63) is 29.8 Å². The van der Waals surface area contributed by atoms with Crippen LogP contribution in [0.3, 0.4) is 0 Å². The number of likely N-dealkylation sites (N-methyl/N-ethyl adjacent to an activating group) is 1. The van der Waals surface area contributed by atoms with Gasteiger partial charge in [-0.1, -0.05) is 38.0 Å². The van der Waals surface area contributed by atoms with E-state index in [4.69, 9.17) is 0 Å². The zero-order chi connectivity index (χ0) is 11.4. The van der Waals surface area contributed by atoms with Crippen molar-refractivity contribution in [2.75, 3.05) is 11.9 Å². The van der Waals surface area contributed by atoms with E-state index in [-0.39, 0.29) is 0 Å². The molecule has 2 atom stereocenters. The lowest BCUT2D eigenvalue weighted by Crippen LogP contribution is -2.55. The molecular formula is C15H21N. The highest BCUT2D eigenvalue weighted by Crippen LogP contribution is 2.57. The fourth-order valence-corrected chi connectivity index (χ4v) is 3.95.